The first kappa shape index (κ1) is 22.9. The highest BCUT2D eigenvalue weighted by Crippen LogP contribution is 2.39. The van der Waals surface area contributed by atoms with Crippen LogP contribution in [0.1, 0.15) is 11.1 Å². The minimum absolute atomic E-state index is 1.02. The molecular formula is C38H28N2. The maximum atomic E-state index is 2.36. The number of fused-ring (bicyclic) bond motifs is 6. The Morgan fingerprint density at radius 2 is 1.05 bits per heavy atom. The first-order valence-electron chi connectivity index (χ1n) is 13.9. The summed E-state index contributed by atoms with van der Waals surface area (Å²) < 4.78 is 2.36. The lowest BCUT2D eigenvalue weighted by Gasteiger charge is -2.20. The van der Waals surface area contributed by atoms with Crippen LogP contribution in [0.5, 0.6) is 0 Å². The van der Waals surface area contributed by atoms with Crippen LogP contribution >= 0.6 is 0 Å². The third kappa shape index (κ3) is 3.57. The van der Waals surface area contributed by atoms with Gasteiger partial charge in [-0.15, -0.1) is 0 Å². The highest BCUT2D eigenvalue weighted by Gasteiger charge is 2.18. The third-order valence-electron chi connectivity index (χ3n) is 8.46. The van der Waals surface area contributed by atoms with Crippen LogP contribution in [0.2, 0.25) is 0 Å². The van der Waals surface area contributed by atoms with Crippen LogP contribution in [0.3, 0.4) is 0 Å². The Bertz CT molecular complexity index is 1970. The van der Waals surface area contributed by atoms with Crippen LogP contribution in [0.25, 0.3) is 49.7 Å². The second kappa shape index (κ2) is 9.00. The molecule has 0 saturated heterocycles. The predicted molar refractivity (Wildman–Crippen MR) is 169 cm³/mol. The molecule has 40 heavy (non-hydrogen) atoms. The second-order valence-electron chi connectivity index (χ2n) is 10.7. The molecule has 0 spiro atoms. The molecule has 0 fully saturated rings. The summed E-state index contributed by atoms with van der Waals surface area (Å²) >= 11 is 0. The molecule has 8 rings (SSSR count). The van der Waals surface area contributed by atoms with Gasteiger partial charge in [0.15, 0.2) is 0 Å². The molecule has 2 nitrogen and oxygen atoms in total. The van der Waals surface area contributed by atoms with Crippen LogP contribution in [0.4, 0.5) is 11.4 Å². The van der Waals surface area contributed by atoms with E-state index in [9.17, 15) is 0 Å². The molecule has 0 unspecified atom stereocenters. The predicted octanol–water partition coefficient (Wildman–Crippen LogP) is 9.79. The van der Waals surface area contributed by atoms with Crippen molar-refractivity contribution in [3.8, 4) is 27.9 Å². The maximum Gasteiger partial charge on any atom is 0.0541 e. The zero-order chi connectivity index (χ0) is 26.6. The molecule has 0 saturated carbocycles. The van der Waals surface area contributed by atoms with Gasteiger partial charge in [-0.3, -0.25) is 0 Å². The molecule has 0 aliphatic heterocycles. The van der Waals surface area contributed by atoms with E-state index in [2.05, 4.69) is 156 Å². The fourth-order valence-corrected chi connectivity index (χ4v) is 6.38. The number of hydrogen-bond acceptors (Lipinski definition) is 1. The van der Waals surface area contributed by atoms with Gasteiger partial charge >= 0.3 is 0 Å². The van der Waals surface area contributed by atoms with Gasteiger partial charge < -0.3 is 9.47 Å². The molecule has 1 heterocycles. The van der Waals surface area contributed by atoms with Crippen LogP contribution in [-0.2, 0) is 6.42 Å². The second-order valence-corrected chi connectivity index (χ2v) is 10.7. The van der Waals surface area contributed by atoms with Gasteiger partial charge in [-0.1, -0.05) is 91.0 Å². The summed E-state index contributed by atoms with van der Waals surface area (Å²) in [5, 5.41) is 2.57. The van der Waals surface area contributed by atoms with Crippen molar-refractivity contribution < 1.29 is 0 Å². The minimum atomic E-state index is 1.02. The van der Waals surface area contributed by atoms with E-state index < -0.39 is 0 Å². The Balaban J connectivity index is 1.07. The van der Waals surface area contributed by atoms with Crippen molar-refractivity contribution in [2.24, 2.45) is 0 Å². The van der Waals surface area contributed by atoms with E-state index in [4.69, 9.17) is 0 Å². The van der Waals surface area contributed by atoms with Gasteiger partial charge in [-0.25, -0.2) is 0 Å². The quantitative estimate of drug-likeness (QED) is 0.228. The Hall–Kier alpha value is -5.08. The van der Waals surface area contributed by atoms with Crippen molar-refractivity contribution in [3.05, 3.63) is 151 Å². The molecule has 6 aromatic carbocycles. The number of benzene rings is 6. The summed E-state index contributed by atoms with van der Waals surface area (Å²) in [6.07, 6.45) is 1.02. The van der Waals surface area contributed by atoms with Gasteiger partial charge in [0.1, 0.15) is 0 Å². The lowest BCUT2D eigenvalue weighted by Crippen LogP contribution is -2.09. The zero-order valence-electron chi connectivity index (χ0n) is 22.4. The smallest absolute Gasteiger partial charge is 0.0541 e. The molecule has 2 heteroatoms. The number of rotatable bonds is 4. The van der Waals surface area contributed by atoms with Crippen molar-refractivity contribution >= 4 is 33.2 Å². The fraction of sp³-hybridized carbons (Fsp3) is 0.0526. The largest absolute Gasteiger partial charge is 0.345 e. The first-order chi connectivity index (χ1) is 19.7. The average Bonchev–Trinajstić information content (AvgIpc) is 3.56. The van der Waals surface area contributed by atoms with Crippen LogP contribution in [-0.4, -0.2) is 11.6 Å². The van der Waals surface area contributed by atoms with Crippen molar-refractivity contribution in [1.82, 2.24) is 4.57 Å². The molecule has 0 bridgehead atoms. The lowest BCUT2D eigenvalue weighted by atomic mass is 9.99. The normalized spacial score (nSPS) is 12.0. The Morgan fingerprint density at radius 1 is 0.500 bits per heavy atom. The highest BCUT2D eigenvalue weighted by molar-refractivity contribution is 6.09. The van der Waals surface area contributed by atoms with Crippen molar-refractivity contribution in [3.63, 3.8) is 0 Å². The SMILES string of the molecule is CN(c1ccc(-c2ccc3c(c2)Cc2ccccc2-3)cc1)c1ccc(-n2c3ccccc3c3ccccc32)cc1. The summed E-state index contributed by atoms with van der Waals surface area (Å²) in [6.45, 7) is 0. The topological polar surface area (TPSA) is 8.17 Å². The fourth-order valence-electron chi connectivity index (χ4n) is 6.38. The molecule has 0 N–H and O–H groups in total. The molecule has 190 valence electrons. The van der Waals surface area contributed by atoms with E-state index in [1.54, 1.807) is 0 Å². The summed E-state index contributed by atoms with van der Waals surface area (Å²) in [7, 11) is 2.14. The van der Waals surface area contributed by atoms with E-state index in [0.717, 1.165) is 12.1 Å². The average molecular weight is 513 g/mol. The zero-order valence-corrected chi connectivity index (χ0v) is 22.4. The summed E-state index contributed by atoms with van der Waals surface area (Å²) in [5.74, 6) is 0. The standard InChI is InChI=1S/C38H28N2/c1-39(30-17-14-26(15-18-30)27-16-23-34-29(24-27)25-28-8-2-3-9-33(28)34)31-19-21-32(22-20-31)40-37-12-6-4-10-35(37)36-11-5-7-13-38(36)40/h2-24H,25H2,1H3. The molecule has 0 amide bonds. The van der Waals surface area contributed by atoms with E-state index in [1.807, 2.05) is 0 Å². The highest BCUT2D eigenvalue weighted by atomic mass is 15.1. The van der Waals surface area contributed by atoms with Crippen LogP contribution < -0.4 is 4.90 Å². The summed E-state index contributed by atoms with van der Waals surface area (Å²) in [6, 6.07) is 50.7. The molecule has 0 atom stereocenters. The summed E-state index contributed by atoms with van der Waals surface area (Å²) in [4.78, 5) is 2.25. The molecular weight excluding hydrogens is 484 g/mol. The summed E-state index contributed by atoms with van der Waals surface area (Å²) in [5.41, 5.74) is 14.1. The number of hydrogen-bond donors (Lipinski definition) is 0. The molecule has 1 aromatic heterocycles. The number of anilines is 2. The van der Waals surface area contributed by atoms with Crippen molar-refractivity contribution in [2.75, 3.05) is 11.9 Å². The number of nitrogens with zero attached hydrogens (tertiary/aromatic N) is 2. The van der Waals surface area contributed by atoms with E-state index in [-0.39, 0.29) is 0 Å². The Kier molecular flexibility index (Phi) is 5.14. The van der Waals surface area contributed by atoms with Gasteiger partial charge in [0.05, 0.1) is 11.0 Å². The first-order valence-corrected chi connectivity index (χ1v) is 13.9. The Morgan fingerprint density at radius 3 is 1.75 bits per heavy atom. The van der Waals surface area contributed by atoms with Gasteiger partial charge in [0.25, 0.3) is 0 Å². The van der Waals surface area contributed by atoms with Crippen molar-refractivity contribution in [2.45, 2.75) is 6.42 Å². The minimum Gasteiger partial charge on any atom is -0.345 e. The monoisotopic (exact) mass is 512 g/mol. The van der Waals surface area contributed by atoms with Gasteiger partial charge in [0, 0.05) is 34.9 Å². The van der Waals surface area contributed by atoms with Gasteiger partial charge in [0.2, 0.25) is 0 Å². The maximum absolute atomic E-state index is 2.36. The van der Waals surface area contributed by atoms with E-state index >= 15 is 0 Å². The van der Waals surface area contributed by atoms with Crippen LogP contribution in [0.15, 0.2) is 140 Å². The van der Waals surface area contributed by atoms with E-state index in [1.165, 1.54) is 66.6 Å². The Labute approximate surface area is 234 Å². The number of aromatic nitrogens is 1. The van der Waals surface area contributed by atoms with Crippen LogP contribution in [0, 0.1) is 0 Å². The number of para-hydroxylation sites is 2. The lowest BCUT2D eigenvalue weighted by molar-refractivity contribution is 1.16. The molecule has 7 aromatic rings. The molecule has 1 aliphatic carbocycles. The molecule has 1 aliphatic rings. The molecule has 0 radical (unpaired) electrons. The van der Waals surface area contributed by atoms with Gasteiger partial charge in [-0.05, 0) is 88.3 Å². The van der Waals surface area contributed by atoms with Gasteiger partial charge in [-0.2, -0.15) is 0 Å². The third-order valence-corrected chi connectivity index (χ3v) is 8.46. The van der Waals surface area contributed by atoms with Crippen molar-refractivity contribution in [1.29, 1.82) is 0 Å². The van der Waals surface area contributed by atoms with E-state index in [0.29, 0.717) is 0 Å².